The van der Waals surface area contributed by atoms with Crippen molar-refractivity contribution in [3.63, 3.8) is 0 Å². The molecule has 4 rings (SSSR count). The molecule has 1 aliphatic heterocycles. The fraction of sp³-hybridized carbons (Fsp3) is 0.375. The van der Waals surface area contributed by atoms with Gasteiger partial charge in [-0.1, -0.05) is 30.3 Å². The highest BCUT2D eigenvalue weighted by Crippen LogP contribution is 2.23. The molecule has 2 heterocycles. The van der Waals surface area contributed by atoms with Gasteiger partial charge in [0.2, 0.25) is 5.89 Å². The molecule has 0 atom stereocenters. The highest BCUT2D eigenvalue weighted by atomic mass is 16.5. The molecule has 0 unspecified atom stereocenters. The van der Waals surface area contributed by atoms with Crippen LogP contribution in [0.1, 0.15) is 29.9 Å². The summed E-state index contributed by atoms with van der Waals surface area (Å²) in [7, 11) is 0. The second-order valence-corrected chi connectivity index (χ2v) is 7.39. The molecule has 1 aliphatic rings. The summed E-state index contributed by atoms with van der Waals surface area (Å²) in [5.41, 5.74) is 3.33. The Labute approximate surface area is 166 Å². The van der Waals surface area contributed by atoms with Crippen molar-refractivity contribution in [3.05, 3.63) is 71.6 Å². The van der Waals surface area contributed by atoms with E-state index in [0.717, 1.165) is 54.7 Å². The molecule has 2 aromatic carbocycles. The number of aryl methyl sites for hydroxylation is 1. The summed E-state index contributed by atoms with van der Waals surface area (Å²) in [4.78, 5) is 4.63. The Bertz CT molecular complexity index is 865. The molecule has 1 aromatic heterocycles. The minimum atomic E-state index is 0.584. The van der Waals surface area contributed by atoms with Gasteiger partial charge in [-0.3, -0.25) is 0 Å². The topological polar surface area (TPSA) is 44.5 Å². The summed E-state index contributed by atoms with van der Waals surface area (Å²) in [5, 5.41) is 0. The molecule has 0 amide bonds. The van der Waals surface area contributed by atoms with E-state index >= 15 is 0 Å². The zero-order valence-electron chi connectivity index (χ0n) is 16.4. The third-order valence-corrected chi connectivity index (χ3v) is 5.31. The van der Waals surface area contributed by atoms with Gasteiger partial charge in [0.1, 0.15) is 11.5 Å². The van der Waals surface area contributed by atoms with Crippen molar-refractivity contribution < 1.29 is 13.9 Å². The Kier molecular flexibility index (Phi) is 6.07. The Balaban J connectivity index is 1.28. The van der Waals surface area contributed by atoms with Crippen LogP contribution < -0.4 is 4.74 Å². The van der Waals surface area contributed by atoms with Crippen molar-refractivity contribution in [2.24, 2.45) is 5.92 Å². The Morgan fingerprint density at radius 3 is 2.50 bits per heavy atom. The first-order valence-electron chi connectivity index (χ1n) is 10.1. The van der Waals surface area contributed by atoms with Crippen molar-refractivity contribution in [3.8, 4) is 17.2 Å². The van der Waals surface area contributed by atoms with Crippen molar-refractivity contribution in [2.45, 2.75) is 32.6 Å². The molecule has 0 radical (unpaired) electrons. The van der Waals surface area contributed by atoms with Crippen LogP contribution in [-0.4, -0.2) is 24.8 Å². The minimum absolute atomic E-state index is 0.584. The lowest BCUT2D eigenvalue weighted by Crippen LogP contribution is -2.17. The lowest BCUT2D eigenvalue weighted by molar-refractivity contribution is 0.0665. The number of nitrogens with zero attached hydrogens (tertiary/aromatic N) is 1. The molecule has 3 aromatic rings. The standard InChI is InChI=1S/C24H27NO3/c1-18-23(25-24(28-18)21-5-3-2-4-6-21)13-16-27-22-9-7-19(8-10-22)17-20-11-14-26-15-12-20/h2-10,20H,11-17H2,1H3. The van der Waals surface area contributed by atoms with E-state index in [2.05, 4.69) is 29.2 Å². The normalized spacial score (nSPS) is 14.9. The maximum absolute atomic E-state index is 5.92. The SMILES string of the molecule is Cc1oc(-c2ccccc2)nc1CCOc1ccc(CC2CCOCC2)cc1. The van der Waals surface area contributed by atoms with Crippen LogP contribution in [0.5, 0.6) is 5.75 Å². The van der Waals surface area contributed by atoms with Gasteiger partial charge in [0, 0.05) is 25.2 Å². The first-order chi connectivity index (χ1) is 13.8. The summed E-state index contributed by atoms with van der Waals surface area (Å²) >= 11 is 0. The van der Waals surface area contributed by atoms with Gasteiger partial charge in [0.05, 0.1) is 12.3 Å². The first kappa shape index (κ1) is 18.8. The summed E-state index contributed by atoms with van der Waals surface area (Å²) in [6.45, 7) is 4.35. The monoisotopic (exact) mass is 377 g/mol. The predicted octanol–water partition coefficient (Wildman–Crippen LogP) is 5.24. The highest BCUT2D eigenvalue weighted by molar-refractivity contribution is 5.53. The summed E-state index contributed by atoms with van der Waals surface area (Å²) in [6.07, 6.45) is 4.19. The van der Waals surface area contributed by atoms with Crippen molar-refractivity contribution in [1.82, 2.24) is 4.98 Å². The largest absolute Gasteiger partial charge is 0.493 e. The van der Waals surface area contributed by atoms with E-state index in [-0.39, 0.29) is 0 Å². The van der Waals surface area contributed by atoms with Gasteiger partial charge in [0.25, 0.3) is 0 Å². The van der Waals surface area contributed by atoms with Gasteiger partial charge in [-0.2, -0.15) is 0 Å². The van der Waals surface area contributed by atoms with Crippen molar-refractivity contribution in [2.75, 3.05) is 19.8 Å². The second-order valence-electron chi connectivity index (χ2n) is 7.39. The molecule has 1 saturated heterocycles. The molecule has 146 valence electrons. The lowest BCUT2D eigenvalue weighted by Gasteiger charge is -2.22. The van der Waals surface area contributed by atoms with E-state index in [1.165, 1.54) is 18.4 Å². The van der Waals surface area contributed by atoms with Crippen LogP contribution in [0.4, 0.5) is 0 Å². The van der Waals surface area contributed by atoms with E-state index in [9.17, 15) is 0 Å². The molecule has 1 fully saturated rings. The lowest BCUT2D eigenvalue weighted by atomic mass is 9.92. The number of rotatable bonds is 7. The fourth-order valence-electron chi connectivity index (χ4n) is 3.64. The quantitative estimate of drug-likeness (QED) is 0.565. The molecule has 0 spiro atoms. The number of ether oxygens (including phenoxy) is 2. The molecule has 4 heteroatoms. The number of hydrogen-bond donors (Lipinski definition) is 0. The number of oxazole rings is 1. The van der Waals surface area contributed by atoms with E-state index in [1.807, 2.05) is 37.3 Å². The van der Waals surface area contributed by atoms with Gasteiger partial charge >= 0.3 is 0 Å². The summed E-state index contributed by atoms with van der Waals surface area (Å²) in [5.74, 6) is 3.18. The van der Waals surface area contributed by atoms with E-state index < -0.39 is 0 Å². The van der Waals surface area contributed by atoms with E-state index in [0.29, 0.717) is 12.5 Å². The smallest absolute Gasteiger partial charge is 0.226 e. The third kappa shape index (κ3) is 4.82. The molecular formula is C24H27NO3. The molecule has 0 bridgehead atoms. The van der Waals surface area contributed by atoms with Crippen LogP contribution in [0.25, 0.3) is 11.5 Å². The molecule has 0 N–H and O–H groups in total. The molecule has 0 aliphatic carbocycles. The third-order valence-electron chi connectivity index (χ3n) is 5.31. The Hall–Kier alpha value is -2.59. The van der Waals surface area contributed by atoms with Gasteiger partial charge in [0.15, 0.2) is 0 Å². The van der Waals surface area contributed by atoms with E-state index in [4.69, 9.17) is 13.9 Å². The zero-order valence-corrected chi connectivity index (χ0v) is 16.4. The first-order valence-corrected chi connectivity index (χ1v) is 10.1. The van der Waals surface area contributed by atoms with Crippen LogP contribution in [0.3, 0.4) is 0 Å². The van der Waals surface area contributed by atoms with Crippen LogP contribution in [0.15, 0.2) is 59.0 Å². The zero-order chi connectivity index (χ0) is 19.2. The van der Waals surface area contributed by atoms with Crippen LogP contribution in [0.2, 0.25) is 0 Å². The molecule has 0 saturated carbocycles. The number of hydrogen-bond acceptors (Lipinski definition) is 4. The van der Waals surface area contributed by atoms with Gasteiger partial charge in [-0.25, -0.2) is 4.98 Å². The summed E-state index contributed by atoms with van der Waals surface area (Å²) < 4.78 is 17.2. The number of benzene rings is 2. The highest BCUT2D eigenvalue weighted by Gasteiger charge is 2.14. The molecule has 4 nitrogen and oxygen atoms in total. The second kappa shape index (κ2) is 9.07. The van der Waals surface area contributed by atoms with Crippen LogP contribution in [-0.2, 0) is 17.6 Å². The van der Waals surface area contributed by atoms with Crippen molar-refractivity contribution in [1.29, 1.82) is 0 Å². The average Bonchev–Trinajstić information content (AvgIpc) is 3.11. The Morgan fingerprint density at radius 2 is 1.75 bits per heavy atom. The maximum Gasteiger partial charge on any atom is 0.226 e. The van der Waals surface area contributed by atoms with Crippen LogP contribution >= 0.6 is 0 Å². The van der Waals surface area contributed by atoms with E-state index in [1.54, 1.807) is 0 Å². The Morgan fingerprint density at radius 1 is 1.00 bits per heavy atom. The van der Waals surface area contributed by atoms with Gasteiger partial charge < -0.3 is 13.9 Å². The fourth-order valence-corrected chi connectivity index (χ4v) is 3.64. The predicted molar refractivity (Wildman–Crippen MR) is 110 cm³/mol. The molecule has 28 heavy (non-hydrogen) atoms. The maximum atomic E-state index is 5.92. The minimum Gasteiger partial charge on any atom is -0.493 e. The van der Waals surface area contributed by atoms with Gasteiger partial charge in [-0.05, 0) is 61.9 Å². The van der Waals surface area contributed by atoms with Gasteiger partial charge in [-0.15, -0.1) is 0 Å². The van der Waals surface area contributed by atoms with Crippen molar-refractivity contribution >= 4 is 0 Å². The number of aromatic nitrogens is 1. The summed E-state index contributed by atoms with van der Waals surface area (Å²) in [6, 6.07) is 18.5. The molecular weight excluding hydrogens is 350 g/mol. The average molecular weight is 377 g/mol. The van der Waals surface area contributed by atoms with Crippen LogP contribution in [0, 0.1) is 12.8 Å².